The first kappa shape index (κ1) is 18.6. The van der Waals surface area contributed by atoms with Gasteiger partial charge >= 0.3 is 6.03 Å². The van der Waals surface area contributed by atoms with Crippen molar-refractivity contribution in [1.82, 2.24) is 10.2 Å². The normalized spacial score (nSPS) is 15.1. The Morgan fingerprint density at radius 1 is 1.04 bits per heavy atom. The lowest BCUT2D eigenvalue weighted by atomic mass is 9.94. The summed E-state index contributed by atoms with van der Waals surface area (Å²) < 4.78 is 0. The van der Waals surface area contributed by atoms with E-state index in [-0.39, 0.29) is 6.03 Å². The van der Waals surface area contributed by atoms with Crippen molar-refractivity contribution >= 4 is 23.3 Å². The van der Waals surface area contributed by atoms with Gasteiger partial charge < -0.3 is 15.1 Å². The van der Waals surface area contributed by atoms with Crippen LogP contribution in [0.25, 0.3) is 0 Å². The zero-order valence-electron chi connectivity index (χ0n) is 15.6. The van der Waals surface area contributed by atoms with Gasteiger partial charge in [0.1, 0.15) is 0 Å². The molecule has 0 radical (unpaired) electrons. The SMILES string of the molecule is Cc1cccc(N2CCN(C(=O)NC(C)(C)c3ccc(Cl)cc3)CC2)c1. The average molecular weight is 372 g/mol. The number of amides is 2. The highest BCUT2D eigenvalue weighted by atomic mass is 35.5. The predicted molar refractivity (Wildman–Crippen MR) is 108 cm³/mol. The smallest absolute Gasteiger partial charge is 0.318 e. The summed E-state index contributed by atoms with van der Waals surface area (Å²) in [5.41, 5.74) is 3.07. The zero-order chi connectivity index (χ0) is 18.7. The number of nitrogens with one attached hydrogen (secondary N) is 1. The Kier molecular flexibility index (Phi) is 5.42. The highest BCUT2D eigenvalue weighted by Gasteiger charge is 2.27. The number of urea groups is 1. The Hall–Kier alpha value is -2.20. The fourth-order valence-electron chi connectivity index (χ4n) is 3.28. The second-order valence-corrected chi connectivity index (χ2v) is 7.81. The summed E-state index contributed by atoms with van der Waals surface area (Å²) >= 11 is 5.96. The van der Waals surface area contributed by atoms with E-state index < -0.39 is 5.54 Å². The van der Waals surface area contributed by atoms with E-state index in [4.69, 9.17) is 11.6 Å². The van der Waals surface area contributed by atoms with Crippen molar-refractivity contribution in [3.05, 3.63) is 64.7 Å². The topological polar surface area (TPSA) is 35.6 Å². The number of benzene rings is 2. The molecule has 26 heavy (non-hydrogen) atoms. The summed E-state index contributed by atoms with van der Waals surface area (Å²) in [6.45, 7) is 9.25. The molecule has 0 atom stereocenters. The third-order valence-electron chi connectivity index (χ3n) is 4.92. The molecule has 2 aromatic carbocycles. The van der Waals surface area contributed by atoms with Crippen molar-refractivity contribution in [3.63, 3.8) is 0 Å². The Morgan fingerprint density at radius 2 is 1.69 bits per heavy atom. The van der Waals surface area contributed by atoms with E-state index in [1.165, 1.54) is 11.3 Å². The first-order chi connectivity index (χ1) is 12.3. The lowest BCUT2D eigenvalue weighted by molar-refractivity contribution is 0.183. The Bertz CT molecular complexity index is 765. The van der Waals surface area contributed by atoms with Crippen molar-refractivity contribution in [2.45, 2.75) is 26.3 Å². The molecule has 1 saturated heterocycles. The van der Waals surface area contributed by atoms with Gasteiger partial charge in [0.25, 0.3) is 0 Å². The molecule has 4 nitrogen and oxygen atoms in total. The van der Waals surface area contributed by atoms with Gasteiger partial charge in [-0.1, -0.05) is 35.9 Å². The van der Waals surface area contributed by atoms with Gasteiger partial charge in [0.15, 0.2) is 0 Å². The van der Waals surface area contributed by atoms with Crippen LogP contribution in [0, 0.1) is 6.92 Å². The number of carbonyl (C=O) groups excluding carboxylic acids is 1. The number of halogens is 1. The molecule has 0 spiro atoms. The molecule has 2 amide bonds. The largest absolute Gasteiger partial charge is 0.368 e. The maximum atomic E-state index is 12.7. The highest BCUT2D eigenvalue weighted by molar-refractivity contribution is 6.30. The molecule has 1 heterocycles. The molecule has 3 rings (SSSR count). The zero-order valence-corrected chi connectivity index (χ0v) is 16.4. The molecule has 1 N–H and O–H groups in total. The van der Waals surface area contributed by atoms with Crippen LogP contribution in [-0.2, 0) is 5.54 Å². The standard InChI is InChI=1S/C21H26ClN3O/c1-16-5-4-6-19(15-16)24-11-13-25(14-12-24)20(26)23-21(2,3)17-7-9-18(22)10-8-17/h4-10,15H,11-14H2,1-3H3,(H,23,26). The molecular weight excluding hydrogens is 346 g/mol. The van der Waals surface area contributed by atoms with E-state index in [1.807, 2.05) is 43.0 Å². The minimum absolute atomic E-state index is 0.0196. The minimum atomic E-state index is -0.449. The van der Waals surface area contributed by atoms with Crippen LogP contribution in [0.15, 0.2) is 48.5 Å². The number of anilines is 1. The first-order valence-corrected chi connectivity index (χ1v) is 9.38. The molecule has 0 bridgehead atoms. The summed E-state index contributed by atoms with van der Waals surface area (Å²) in [5.74, 6) is 0. The number of carbonyl (C=O) groups is 1. The van der Waals surface area contributed by atoms with Crippen molar-refractivity contribution in [2.24, 2.45) is 0 Å². The number of hydrogen-bond acceptors (Lipinski definition) is 2. The van der Waals surface area contributed by atoms with E-state index in [0.29, 0.717) is 5.02 Å². The van der Waals surface area contributed by atoms with Crippen LogP contribution in [0.1, 0.15) is 25.0 Å². The Balaban J connectivity index is 1.59. The highest BCUT2D eigenvalue weighted by Crippen LogP contribution is 2.23. The van der Waals surface area contributed by atoms with Crippen LogP contribution in [0.2, 0.25) is 5.02 Å². The lowest BCUT2D eigenvalue weighted by Crippen LogP contribution is -2.55. The van der Waals surface area contributed by atoms with Crippen molar-refractivity contribution < 1.29 is 4.79 Å². The molecule has 0 aliphatic carbocycles. The molecule has 0 saturated carbocycles. The Labute approximate surface area is 160 Å². The van der Waals surface area contributed by atoms with Gasteiger partial charge in [-0.3, -0.25) is 0 Å². The molecule has 1 fully saturated rings. The summed E-state index contributed by atoms with van der Waals surface area (Å²) in [4.78, 5) is 16.9. The molecule has 1 aliphatic heterocycles. The van der Waals surface area contributed by atoms with Crippen LogP contribution < -0.4 is 10.2 Å². The molecule has 5 heteroatoms. The van der Waals surface area contributed by atoms with E-state index in [0.717, 1.165) is 31.7 Å². The molecule has 1 aliphatic rings. The minimum Gasteiger partial charge on any atom is -0.368 e. The molecule has 0 unspecified atom stereocenters. The molecule has 138 valence electrons. The summed E-state index contributed by atoms with van der Waals surface area (Å²) in [5, 5.41) is 3.85. The quantitative estimate of drug-likeness (QED) is 0.867. The van der Waals surface area contributed by atoms with Gasteiger partial charge in [-0.25, -0.2) is 4.79 Å². The number of hydrogen-bond donors (Lipinski definition) is 1. The van der Waals surface area contributed by atoms with Gasteiger partial charge in [-0.05, 0) is 56.2 Å². The van der Waals surface area contributed by atoms with Gasteiger partial charge in [-0.2, -0.15) is 0 Å². The lowest BCUT2D eigenvalue weighted by Gasteiger charge is -2.38. The fourth-order valence-corrected chi connectivity index (χ4v) is 3.40. The van der Waals surface area contributed by atoms with Crippen LogP contribution in [0.4, 0.5) is 10.5 Å². The van der Waals surface area contributed by atoms with Crippen molar-refractivity contribution in [2.75, 3.05) is 31.1 Å². The van der Waals surface area contributed by atoms with Gasteiger partial charge in [0.05, 0.1) is 5.54 Å². The number of aryl methyl sites for hydroxylation is 1. The van der Waals surface area contributed by atoms with Crippen LogP contribution in [0.3, 0.4) is 0 Å². The van der Waals surface area contributed by atoms with Gasteiger partial charge in [0.2, 0.25) is 0 Å². The van der Waals surface area contributed by atoms with E-state index >= 15 is 0 Å². The third kappa shape index (κ3) is 4.31. The summed E-state index contributed by atoms with van der Waals surface area (Å²) in [6, 6.07) is 16.1. The average Bonchev–Trinajstić information content (AvgIpc) is 2.62. The monoisotopic (exact) mass is 371 g/mol. The molecule has 2 aromatic rings. The predicted octanol–water partition coefficient (Wildman–Crippen LogP) is 4.42. The maximum absolute atomic E-state index is 12.7. The molecular formula is C21H26ClN3O. The summed E-state index contributed by atoms with van der Waals surface area (Å²) in [6.07, 6.45) is 0. The van der Waals surface area contributed by atoms with Crippen LogP contribution in [0.5, 0.6) is 0 Å². The van der Waals surface area contributed by atoms with Crippen LogP contribution in [-0.4, -0.2) is 37.1 Å². The van der Waals surface area contributed by atoms with E-state index in [9.17, 15) is 4.79 Å². The van der Waals surface area contributed by atoms with Gasteiger partial charge in [0, 0.05) is 36.9 Å². The van der Waals surface area contributed by atoms with E-state index in [1.54, 1.807) is 0 Å². The van der Waals surface area contributed by atoms with Crippen molar-refractivity contribution in [3.8, 4) is 0 Å². The number of nitrogens with zero attached hydrogens (tertiary/aromatic N) is 2. The molecule has 0 aromatic heterocycles. The number of piperazine rings is 1. The van der Waals surface area contributed by atoms with Gasteiger partial charge in [-0.15, -0.1) is 0 Å². The third-order valence-corrected chi connectivity index (χ3v) is 5.17. The second-order valence-electron chi connectivity index (χ2n) is 7.38. The first-order valence-electron chi connectivity index (χ1n) is 9.00. The van der Waals surface area contributed by atoms with E-state index in [2.05, 4.69) is 41.4 Å². The summed E-state index contributed by atoms with van der Waals surface area (Å²) in [7, 11) is 0. The number of rotatable bonds is 3. The fraction of sp³-hybridized carbons (Fsp3) is 0.381. The Morgan fingerprint density at radius 3 is 2.31 bits per heavy atom. The van der Waals surface area contributed by atoms with Crippen LogP contribution >= 0.6 is 11.6 Å². The second kappa shape index (κ2) is 7.58. The van der Waals surface area contributed by atoms with Crippen molar-refractivity contribution in [1.29, 1.82) is 0 Å². The maximum Gasteiger partial charge on any atom is 0.318 e.